The largest absolute Gasteiger partial charge is 0.507 e. The van der Waals surface area contributed by atoms with Crippen molar-refractivity contribution < 1.29 is 19.4 Å². The number of aromatic hydroxyl groups is 1. The van der Waals surface area contributed by atoms with Crippen molar-refractivity contribution in [3.63, 3.8) is 0 Å². The Bertz CT molecular complexity index is 1440. The molecule has 0 aliphatic heterocycles. The molecule has 0 radical (unpaired) electrons. The van der Waals surface area contributed by atoms with Crippen LogP contribution >= 0.6 is 0 Å². The van der Waals surface area contributed by atoms with Gasteiger partial charge in [0.1, 0.15) is 11.9 Å². The molecule has 0 aliphatic carbocycles. The molecule has 2 amide bonds. The molecule has 0 aromatic heterocycles. The van der Waals surface area contributed by atoms with Crippen LogP contribution in [0.2, 0.25) is 0 Å². The Morgan fingerprint density at radius 1 is 0.895 bits per heavy atom. The number of ether oxygens (including phenoxy) is 1. The molecule has 0 heterocycles. The van der Waals surface area contributed by atoms with Crippen molar-refractivity contribution in [2.45, 2.75) is 25.9 Å². The monoisotopic (exact) mass is 509 g/mol. The standard InChI is InChI=1S/C31H31N3O4/c1-21(11-5-10-18-29(36)34-27-17-9-8-16-26(27)32)30(38-31(37)33-22-12-3-2-4-13-22)25-19-20-28(35)24-15-7-6-14-23(24)25/h2-4,6-10,12-21,30,35H,5,11,32H2,1H3,(H,33,37)(H,34,36)/b18-10+/t21-,30-/m1/s1. The summed E-state index contributed by atoms with van der Waals surface area (Å²) < 4.78 is 5.97. The van der Waals surface area contributed by atoms with Crippen LogP contribution in [-0.2, 0) is 9.53 Å². The Kier molecular flexibility index (Phi) is 8.61. The second-order valence-corrected chi connectivity index (χ2v) is 9.07. The molecule has 7 heteroatoms. The fraction of sp³-hybridized carbons (Fsp3) is 0.161. The molecule has 5 N–H and O–H groups in total. The maximum atomic E-state index is 12.9. The number of hydrogen-bond acceptors (Lipinski definition) is 5. The Labute approximate surface area is 221 Å². The van der Waals surface area contributed by atoms with Gasteiger partial charge in [-0.05, 0) is 60.6 Å². The number of amides is 2. The minimum Gasteiger partial charge on any atom is -0.507 e. The van der Waals surface area contributed by atoms with Gasteiger partial charge in [-0.2, -0.15) is 0 Å². The molecule has 0 saturated carbocycles. The molecule has 7 nitrogen and oxygen atoms in total. The second kappa shape index (κ2) is 12.5. The van der Waals surface area contributed by atoms with E-state index in [1.165, 1.54) is 6.08 Å². The number of hydrogen-bond donors (Lipinski definition) is 4. The number of phenolic OH excluding ortho intramolecular Hbond substituents is 1. The zero-order valence-electron chi connectivity index (χ0n) is 21.1. The van der Waals surface area contributed by atoms with Gasteiger partial charge in [0, 0.05) is 16.6 Å². The number of fused-ring (bicyclic) bond motifs is 1. The van der Waals surface area contributed by atoms with Crippen LogP contribution in [0.4, 0.5) is 21.9 Å². The van der Waals surface area contributed by atoms with Gasteiger partial charge in [-0.1, -0.05) is 73.7 Å². The van der Waals surface area contributed by atoms with E-state index in [4.69, 9.17) is 10.5 Å². The highest BCUT2D eigenvalue weighted by Crippen LogP contribution is 2.37. The van der Waals surface area contributed by atoms with Crippen molar-refractivity contribution in [1.82, 2.24) is 0 Å². The number of para-hydroxylation sites is 3. The molecule has 0 unspecified atom stereocenters. The van der Waals surface area contributed by atoms with Crippen LogP contribution in [0.15, 0.2) is 103 Å². The molecule has 0 spiro atoms. The maximum absolute atomic E-state index is 12.9. The number of nitrogens with two attached hydrogens (primary N) is 1. The third kappa shape index (κ3) is 6.70. The molecule has 0 bridgehead atoms. The van der Waals surface area contributed by atoms with E-state index in [1.807, 2.05) is 49.4 Å². The Hall–Kier alpha value is -4.78. The SMILES string of the molecule is C[C@H](CC/C=C/C(=O)Nc1ccccc1N)[C@@H](OC(=O)Nc1ccccc1)c1ccc(O)c2ccccc12. The molecular formula is C31H31N3O4. The van der Waals surface area contributed by atoms with Crippen LogP contribution in [0.1, 0.15) is 31.4 Å². The van der Waals surface area contributed by atoms with Crippen molar-refractivity contribution >= 4 is 39.8 Å². The van der Waals surface area contributed by atoms with E-state index in [-0.39, 0.29) is 17.6 Å². The molecule has 4 aromatic rings. The van der Waals surface area contributed by atoms with E-state index in [2.05, 4.69) is 10.6 Å². The van der Waals surface area contributed by atoms with Gasteiger partial charge in [0.15, 0.2) is 0 Å². The highest BCUT2D eigenvalue weighted by molar-refractivity contribution is 6.01. The van der Waals surface area contributed by atoms with Gasteiger partial charge in [0.05, 0.1) is 11.4 Å². The van der Waals surface area contributed by atoms with E-state index >= 15 is 0 Å². The lowest BCUT2D eigenvalue weighted by molar-refractivity contribution is -0.111. The van der Waals surface area contributed by atoms with Gasteiger partial charge < -0.3 is 20.9 Å². The fourth-order valence-electron chi connectivity index (χ4n) is 4.31. The molecule has 0 saturated heterocycles. The first-order valence-corrected chi connectivity index (χ1v) is 12.5. The van der Waals surface area contributed by atoms with Crippen LogP contribution in [0, 0.1) is 5.92 Å². The smallest absolute Gasteiger partial charge is 0.412 e. The lowest BCUT2D eigenvalue weighted by Gasteiger charge is -2.26. The zero-order valence-corrected chi connectivity index (χ0v) is 21.1. The normalized spacial score (nSPS) is 12.7. The van der Waals surface area contributed by atoms with Crippen molar-refractivity contribution in [1.29, 1.82) is 0 Å². The Morgan fingerprint density at radius 3 is 2.34 bits per heavy atom. The lowest BCUT2D eigenvalue weighted by atomic mass is 9.89. The highest BCUT2D eigenvalue weighted by atomic mass is 16.6. The molecule has 2 atom stereocenters. The van der Waals surface area contributed by atoms with Crippen LogP contribution in [0.3, 0.4) is 0 Å². The minimum absolute atomic E-state index is 0.0954. The zero-order chi connectivity index (χ0) is 26.9. The molecule has 38 heavy (non-hydrogen) atoms. The van der Waals surface area contributed by atoms with Gasteiger partial charge >= 0.3 is 6.09 Å². The number of benzene rings is 4. The quantitative estimate of drug-likeness (QED) is 0.143. The first kappa shape index (κ1) is 26.3. The van der Waals surface area contributed by atoms with Crippen LogP contribution < -0.4 is 16.4 Å². The summed E-state index contributed by atoms with van der Waals surface area (Å²) in [6.07, 6.45) is 3.36. The molecule has 194 valence electrons. The summed E-state index contributed by atoms with van der Waals surface area (Å²) in [5, 5.41) is 17.4. The fourth-order valence-corrected chi connectivity index (χ4v) is 4.31. The first-order chi connectivity index (χ1) is 18.4. The lowest BCUT2D eigenvalue weighted by Crippen LogP contribution is -2.22. The average Bonchev–Trinajstić information content (AvgIpc) is 2.92. The third-order valence-electron chi connectivity index (χ3n) is 6.29. The van der Waals surface area contributed by atoms with Crippen LogP contribution in [-0.4, -0.2) is 17.1 Å². The van der Waals surface area contributed by atoms with E-state index < -0.39 is 12.2 Å². The van der Waals surface area contributed by atoms with E-state index in [9.17, 15) is 14.7 Å². The summed E-state index contributed by atoms with van der Waals surface area (Å²) in [6.45, 7) is 2.00. The second-order valence-electron chi connectivity index (χ2n) is 9.07. The molecular weight excluding hydrogens is 478 g/mol. The molecule has 0 aliphatic rings. The van der Waals surface area contributed by atoms with Crippen molar-refractivity contribution in [2.24, 2.45) is 5.92 Å². The summed E-state index contributed by atoms with van der Waals surface area (Å²) in [4.78, 5) is 25.2. The maximum Gasteiger partial charge on any atom is 0.412 e. The number of carbonyl (C=O) groups is 2. The number of allylic oxidation sites excluding steroid dienone is 1. The van der Waals surface area contributed by atoms with E-state index in [0.717, 1.165) is 10.9 Å². The number of nitrogens with one attached hydrogen (secondary N) is 2. The first-order valence-electron chi connectivity index (χ1n) is 12.5. The number of rotatable bonds is 9. The summed E-state index contributed by atoms with van der Waals surface area (Å²) >= 11 is 0. The van der Waals surface area contributed by atoms with Crippen molar-refractivity contribution in [3.05, 3.63) is 109 Å². The topological polar surface area (TPSA) is 114 Å². The van der Waals surface area contributed by atoms with Gasteiger partial charge in [-0.25, -0.2) is 4.79 Å². The van der Waals surface area contributed by atoms with Gasteiger partial charge in [-0.15, -0.1) is 0 Å². The number of phenols is 1. The Morgan fingerprint density at radius 2 is 1.58 bits per heavy atom. The molecule has 4 aromatic carbocycles. The average molecular weight is 510 g/mol. The van der Waals surface area contributed by atoms with Crippen molar-refractivity contribution in [3.8, 4) is 5.75 Å². The van der Waals surface area contributed by atoms with Gasteiger partial charge in [-0.3, -0.25) is 10.1 Å². The number of carbonyl (C=O) groups excluding carboxylic acids is 2. The van der Waals surface area contributed by atoms with Gasteiger partial charge in [0.25, 0.3) is 0 Å². The predicted octanol–water partition coefficient (Wildman–Crippen LogP) is 7.03. The highest BCUT2D eigenvalue weighted by Gasteiger charge is 2.26. The van der Waals surface area contributed by atoms with E-state index in [0.29, 0.717) is 35.3 Å². The summed E-state index contributed by atoms with van der Waals surface area (Å²) in [6, 6.07) is 27.1. The minimum atomic E-state index is -0.587. The summed E-state index contributed by atoms with van der Waals surface area (Å²) in [5.74, 6) is -0.199. The number of nitrogen functional groups attached to an aromatic ring is 1. The summed E-state index contributed by atoms with van der Waals surface area (Å²) in [5.41, 5.74) is 8.38. The van der Waals surface area contributed by atoms with Crippen molar-refractivity contribution in [2.75, 3.05) is 16.4 Å². The Balaban J connectivity index is 1.48. The molecule has 4 rings (SSSR count). The molecule has 0 fully saturated rings. The van der Waals surface area contributed by atoms with Gasteiger partial charge in [0.2, 0.25) is 5.91 Å². The number of anilines is 3. The van der Waals surface area contributed by atoms with Crippen LogP contribution in [0.5, 0.6) is 5.75 Å². The summed E-state index contributed by atoms with van der Waals surface area (Å²) in [7, 11) is 0. The third-order valence-corrected chi connectivity index (χ3v) is 6.29. The van der Waals surface area contributed by atoms with Crippen LogP contribution in [0.25, 0.3) is 10.8 Å². The van der Waals surface area contributed by atoms with E-state index in [1.54, 1.807) is 54.6 Å². The predicted molar refractivity (Wildman–Crippen MR) is 152 cm³/mol.